The van der Waals surface area contributed by atoms with Crippen LogP contribution in [-0.2, 0) is 16.0 Å². The van der Waals surface area contributed by atoms with Gasteiger partial charge in [0.05, 0.1) is 7.11 Å². The molecule has 1 saturated heterocycles. The number of methoxy groups -OCH3 is 1. The molecule has 0 bridgehead atoms. The monoisotopic (exact) mass is 280 g/mol. The normalized spacial score (nSPS) is 15.9. The Kier molecular flexibility index (Phi) is 3.66. The van der Waals surface area contributed by atoms with Crippen LogP contribution in [0.3, 0.4) is 0 Å². The maximum absolute atomic E-state index is 11.7. The molecule has 7 heteroatoms. The van der Waals surface area contributed by atoms with Gasteiger partial charge in [-0.25, -0.2) is 0 Å². The van der Waals surface area contributed by atoms with E-state index in [4.69, 9.17) is 17.0 Å². The van der Waals surface area contributed by atoms with Crippen molar-refractivity contribution < 1.29 is 19.4 Å². The topological polar surface area (TPSA) is 87.7 Å². The number of hydrogen-bond donors (Lipinski definition) is 3. The number of rotatable bonds is 3. The molecule has 1 heterocycles. The Morgan fingerprint density at radius 1 is 1.32 bits per heavy atom. The molecule has 1 aromatic carbocycles. The molecule has 1 aliphatic rings. The number of phenols is 1. The third-order valence-electron chi connectivity index (χ3n) is 2.79. The van der Waals surface area contributed by atoms with Crippen LogP contribution in [0.15, 0.2) is 18.2 Å². The summed E-state index contributed by atoms with van der Waals surface area (Å²) in [6.07, 6.45) is 0.178. The molecule has 0 spiro atoms. The molecule has 2 amide bonds. The Morgan fingerprint density at radius 2 is 1.95 bits per heavy atom. The minimum absolute atomic E-state index is 0.0174. The molecule has 1 aliphatic heterocycles. The number of carbonyl (C=O) groups is 2. The number of benzene rings is 1. The highest BCUT2D eigenvalue weighted by molar-refractivity contribution is 7.80. The third-order valence-corrected chi connectivity index (χ3v) is 2.99. The maximum atomic E-state index is 11.7. The average Bonchev–Trinajstić information content (AvgIpc) is 2.34. The third kappa shape index (κ3) is 2.82. The summed E-state index contributed by atoms with van der Waals surface area (Å²) < 4.78 is 4.92. The van der Waals surface area contributed by atoms with Gasteiger partial charge in [0, 0.05) is 0 Å². The zero-order valence-corrected chi connectivity index (χ0v) is 10.9. The van der Waals surface area contributed by atoms with Crippen molar-refractivity contribution in [3.8, 4) is 11.5 Å². The molecule has 1 aromatic rings. The summed E-state index contributed by atoms with van der Waals surface area (Å²) >= 11 is 4.71. The van der Waals surface area contributed by atoms with Gasteiger partial charge in [0.15, 0.2) is 16.6 Å². The Balaban J connectivity index is 2.16. The van der Waals surface area contributed by atoms with E-state index in [1.54, 1.807) is 12.1 Å². The van der Waals surface area contributed by atoms with Gasteiger partial charge in [0.25, 0.3) is 0 Å². The summed E-state index contributed by atoms with van der Waals surface area (Å²) in [6.45, 7) is 0. The molecule has 0 radical (unpaired) electrons. The van der Waals surface area contributed by atoms with E-state index in [1.165, 1.54) is 13.2 Å². The van der Waals surface area contributed by atoms with Gasteiger partial charge in [-0.05, 0) is 36.3 Å². The van der Waals surface area contributed by atoms with Crippen molar-refractivity contribution in [2.24, 2.45) is 5.92 Å². The predicted molar refractivity (Wildman–Crippen MR) is 70.7 cm³/mol. The summed E-state index contributed by atoms with van der Waals surface area (Å²) in [7, 11) is 1.44. The highest BCUT2D eigenvalue weighted by atomic mass is 32.1. The van der Waals surface area contributed by atoms with Gasteiger partial charge in [-0.15, -0.1) is 0 Å². The minimum atomic E-state index is -0.862. The van der Waals surface area contributed by atoms with Gasteiger partial charge in [0.2, 0.25) is 11.8 Å². The second kappa shape index (κ2) is 5.23. The van der Waals surface area contributed by atoms with Gasteiger partial charge < -0.3 is 20.5 Å². The fourth-order valence-electron chi connectivity index (χ4n) is 1.83. The van der Waals surface area contributed by atoms with Crippen LogP contribution in [0.25, 0.3) is 0 Å². The second-order valence-electron chi connectivity index (χ2n) is 4.07. The van der Waals surface area contributed by atoms with E-state index in [9.17, 15) is 14.7 Å². The van der Waals surface area contributed by atoms with Crippen LogP contribution in [0, 0.1) is 5.92 Å². The molecule has 100 valence electrons. The number of thiocarbonyl (C=S) groups is 1. The van der Waals surface area contributed by atoms with Crippen LogP contribution < -0.4 is 15.4 Å². The van der Waals surface area contributed by atoms with Crippen LogP contribution >= 0.6 is 12.2 Å². The highest BCUT2D eigenvalue weighted by Gasteiger charge is 2.32. The second-order valence-corrected chi connectivity index (χ2v) is 4.48. The highest BCUT2D eigenvalue weighted by Crippen LogP contribution is 2.27. The first-order valence-corrected chi connectivity index (χ1v) is 5.93. The molecule has 0 aromatic heterocycles. The first kappa shape index (κ1) is 13.3. The first-order valence-electron chi connectivity index (χ1n) is 5.53. The van der Waals surface area contributed by atoms with Crippen LogP contribution in [0.5, 0.6) is 11.5 Å². The lowest BCUT2D eigenvalue weighted by Gasteiger charge is -2.22. The number of ether oxygens (including phenoxy) is 1. The van der Waals surface area contributed by atoms with E-state index in [0.717, 1.165) is 0 Å². The summed E-state index contributed by atoms with van der Waals surface area (Å²) in [6, 6.07) is 4.73. The fraction of sp³-hybridized carbons (Fsp3) is 0.250. The van der Waals surface area contributed by atoms with E-state index in [1.807, 2.05) is 0 Å². The summed E-state index contributed by atoms with van der Waals surface area (Å²) in [4.78, 5) is 23.4. The Labute approximate surface area is 114 Å². The summed E-state index contributed by atoms with van der Waals surface area (Å²) in [5.74, 6) is -1.44. The molecule has 0 unspecified atom stereocenters. The van der Waals surface area contributed by atoms with E-state index in [2.05, 4.69) is 10.6 Å². The van der Waals surface area contributed by atoms with Crippen molar-refractivity contribution in [2.45, 2.75) is 6.42 Å². The van der Waals surface area contributed by atoms with Crippen LogP contribution in [-0.4, -0.2) is 29.1 Å². The number of phenolic OH excluding ortho intramolecular Hbond substituents is 1. The van der Waals surface area contributed by atoms with Gasteiger partial charge in [-0.3, -0.25) is 9.59 Å². The summed E-state index contributed by atoms with van der Waals surface area (Å²) in [5.41, 5.74) is 0.654. The van der Waals surface area contributed by atoms with E-state index >= 15 is 0 Å². The molecule has 0 atom stereocenters. The average molecular weight is 280 g/mol. The number of aromatic hydroxyl groups is 1. The van der Waals surface area contributed by atoms with Crippen LogP contribution in [0.1, 0.15) is 5.56 Å². The van der Waals surface area contributed by atoms with Crippen LogP contribution in [0.2, 0.25) is 0 Å². The number of amides is 2. The SMILES string of the molecule is COc1ccc(CC2C(=O)NC(=S)NC2=O)cc1O. The molecule has 2 rings (SSSR count). The summed E-state index contributed by atoms with van der Waals surface area (Å²) in [5, 5.41) is 14.4. The lowest BCUT2D eigenvalue weighted by molar-refractivity contribution is -0.135. The molecule has 6 nitrogen and oxygen atoms in total. The van der Waals surface area contributed by atoms with Crippen molar-refractivity contribution >= 4 is 29.1 Å². The van der Waals surface area contributed by atoms with Crippen molar-refractivity contribution in [3.05, 3.63) is 23.8 Å². The number of nitrogens with one attached hydrogen (secondary N) is 2. The van der Waals surface area contributed by atoms with Crippen LogP contribution in [0.4, 0.5) is 0 Å². The lowest BCUT2D eigenvalue weighted by Crippen LogP contribution is -2.56. The fourth-order valence-corrected chi connectivity index (χ4v) is 2.03. The minimum Gasteiger partial charge on any atom is -0.504 e. The maximum Gasteiger partial charge on any atom is 0.239 e. The quantitative estimate of drug-likeness (QED) is 0.539. The molecule has 0 saturated carbocycles. The van der Waals surface area contributed by atoms with Crippen molar-refractivity contribution in [1.29, 1.82) is 0 Å². The molecule has 3 N–H and O–H groups in total. The molecular formula is C12H12N2O4S. The van der Waals surface area contributed by atoms with Crippen molar-refractivity contribution in [1.82, 2.24) is 10.6 Å². The van der Waals surface area contributed by atoms with E-state index < -0.39 is 17.7 Å². The van der Waals surface area contributed by atoms with Gasteiger partial charge >= 0.3 is 0 Å². The van der Waals surface area contributed by atoms with Crippen molar-refractivity contribution in [2.75, 3.05) is 7.11 Å². The van der Waals surface area contributed by atoms with E-state index in [0.29, 0.717) is 11.3 Å². The smallest absolute Gasteiger partial charge is 0.239 e. The van der Waals surface area contributed by atoms with Gasteiger partial charge in [-0.2, -0.15) is 0 Å². The standard InChI is InChI=1S/C12H12N2O4S/c1-18-9-3-2-6(5-8(9)15)4-7-10(16)13-12(19)14-11(7)17/h2-3,5,7,15H,4H2,1H3,(H2,13,14,16,17,19). The zero-order chi connectivity index (χ0) is 14.0. The number of carbonyl (C=O) groups excluding carboxylic acids is 2. The lowest BCUT2D eigenvalue weighted by atomic mass is 9.96. The Morgan fingerprint density at radius 3 is 2.47 bits per heavy atom. The van der Waals surface area contributed by atoms with Gasteiger partial charge in [-0.1, -0.05) is 6.07 Å². The molecule has 1 fully saturated rings. The van der Waals surface area contributed by atoms with Gasteiger partial charge in [0.1, 0.15) is 5.92 Å². The molecule has 19 heavy (non-hydrogen) atoms. The largest absolute Gasteiger partial charge is 0.504 e. The first-order chi connectivity index (χ1) is 9.01. The zero-order valence-electron chi connectivity index (χ0n) is 10.1. The Hall–Kier alpha value is -2.15. The Bertz CT molecular complexity index is 539. The predicted octanol–water partition coefficient (Wildman–Crippen LogP) is 0.0904. The van der Waals surface area contributed by atoms with E-state index in [-0.39, 0.29) is 17.3 Å². The number of hydrogen-bond acceptors (Lipinski definition) is 5. The molecular weight excluding hydrogens is 268 g/mol. The van der Waals surface area contributed by atoms with Crippen molar-refractivity contribution in [3.63, 3.8) is 0 Å². The molecule has 0 aliphatic carbocycles.